The third-order valence-corrected chi connectivity index (χ3v) is 3.19. The lowest BCUT2D eigenvalue weighted by Gasteiger charge is -2.08. The number of carbonyl (C=O) groups is 1. The van der Waals surface area contributed by atoms with Gasteiger partial charge in [-0.1, -0.05) is 17.3 Å². The molecule has 0 aliphatic carbocycles. The molecule has 0 amide bonds. The Bertz CT molecular complexity index is 763. The Morgan fingerprint density at radius 2 is 2.23 bits per heavy atom. The van der Waals surface area contributed by atoms with Crippen molar-refractivity contribution in [2.24, 2.45) is 0 Å². The highest BCUT2D eigenvalue weighted by atomic mass is 16.5. The number of ether oxygens (including phenoxy) is 1. The van der Waals surface area contributed by atoms with Gasteiger partial charge in [-0.3, -0.25) is 4.79 Å². The van der Waals surface area contributed by atoms with Crippen molar-refractivity contribution in [1.82, 2.24) is 15.0 Å². The highest BCUT2D eigenvalue weighted by molar-refractivity contribution is 5.81. The van der Waals surface area contributed by atoms with Crippen LogP contribution in [-0.2, 0) is 6.54 Å². The summed E-state index contributed by atoms with van der Waals surface area (Å²) in [6, 6.07) is 11.3. The Hall–Kier alpha value is -2.89. The molecule has 0 bridgehead atoms. The number of carbonyl (C=O) groups excluding carboxylic acids is 1. The van der Waals surface area contributed by atoms with Crippen LogP contribution in [0.4, 0.5) is 0 Å². The van der Waals surface area contributed by atoms with Gasteiger partial charge in [0.05, 0.1) is 12.8 Å². The molecule has 0 saturated heterocycles. The van der Waals surface area contributed by atoms with Gasteiger partial charge in [0.2, 0.25) is 0 Å². The van der Waals surface area contributed by atoms with Crippen molar-refractivity contribution in [3.05, 3.63) is 53.9 Å². The van der Waals surface area contributed by atoms with Gasteiger partial charge in [0.15, 0.2) is 17.7 Å². The highest BCUT2D eigenvalue weighted by Gasteiger charge is 2.16. The van der Waals surface area contributed by atoms with Gasteiger partial charge < -0.3 is 9.15 Å². The minimum Gasteiger partial charge on any atom is -0.492 e. The van der Waals surface area contributed by atoms with Crippen LogP contribution in [0.5, 0.6) is 5.75 Å². The van der Waals surface area contributed by atoms with E-state index < -0.39 is 0 Å². The molecule has 2 heterocycles. The van der Waals surface area contributed by atoms with E-state index in [0.29, 0.717) is 30.9 Å². The smallest absolute Gasteiger partial charge is 0.172 e. The SMILES string of the molecule is Cc1cccc(OCCn2nnc(C=O)c2-c2ccco2)c1. The normalized spacial score (nSPS) is 10.6. The van der Waals surface area contributed by atoms with Crippen molar-refractivity contribution in [1.29, 1.82) is 0 Å². The van der Waals surface area contributed by atoms with Gasteiger partial charge >= 0.3 is 0 Å². The first-order valence-corrected chi connectivity index (χ1v) is 6.90. The van der Waals surface area contributed by atoms with Crippen LogP contribution in [0.3, 0.4) is 0 Å². The van der Waals surface area contributed by atoms with Gasteiger partial charge in [-0.2, -0.15) is 0 Å². The zero-order valence-corrected chi connectivity index (χ0v) is 12.1. The second-order valence-electron chi connectivity index (χ2n) is 4.81. The molecule has 0 radical (unpaired) electrons. The first kappa shape index (κ1) is 14.1. The Morgan fingerprint density at radius 3 is 2.95 bits per heavy atom. The molecule has 3 rings (SSSR count). The van der Waals surface area contributed by atoms with Gasteiger partial charge in [0.1, 0.15) is 18.1 Å². The molecule has 0 fully saturated rings. The van der Waals surface area contributed by atoms with Crippen molar-refractivity contribution in [3.63, 3.8) is 0 Å². The molecule has 6 nitrogen and oxygen atoms in total. The topological polar surface area (TPSA) is 70.2 Å². The zero-order chi connectivity index (χ0) is 15.4. The summed E-state index contributed by atoms with van der Waals surface area (Å²) in [5.74, 6) is 1.36. The number of nitrogens with zero attached hydrogens (tertiary/aromatic N) is 3. The molecule has 0 saturated carbocycles. The Balaban J connectivity index is 1.73. The van der Waals surface area contributed by atoms with E-state index in [-0.39, 0.29) is 5.69 Å². The van der Waals surface area contributed by atoms with Gasteiger partial charge in [0, 0.05) is 0 Å². The predicted molar refractivity (Wildman–Crippen MR) is 79.8 cm³/mol. The van der Waals surface area contributed by atoms with Crippen molar-refractivity contribution < 1.29 is 13.9 Å². The molecule has 0 N–H and O–H groups in total. The molecule has 6 heteroatoms. The number of hydrogen-bond acceptors (Lipinski definition) is 5. The van der Waals surface area contributed by atoms with E-state index in [9.17, 15) is 4.79 Å². The number of furan rings is 1. The molecular formula is C16H15N3O3. The van der Waals surface area contributed by atoms with Crippen molar-refractivity contribution in [2.75, 3.05) is 6.61 Å². The largest absolute Gasteiger partial charge is 0.492 e. The Labute approximate surface area is 127 Å². The fourth-order valence-electron chi connectivity index (χ4n) is 2.18. The molecule has 0 atom stereocenters. The second kappa shape index (κ2) is 6.26. The quantitative estimate of drug-likeness (QED) is 0.654. The minimum absolute atomic E-state index is 0.255. The Kier molecular flexibility index (Phi) is 4.00. The summed E-state index contributed by atoms with van der Waals surface area (Å²) in [7, 11) is 0. The number of benzene rings is 1. The number of aldehydes is 1. The summed E-state index contributed by atoms with van der Waals surface area (Å²) >= 11 is 0. The number of hydrogen-bond donors (Lipinski definition) is 0. The molecule has 22 heavy (non-hydrogen) atoms. The minimum atomic E-state index is 0.255. The maximum absolute atomic E-state index is 11.1. The lowest BCUT2D eigenvalue weighted by atomic mass is 10.2. The van der Waals surface area contributed by atoms with Crippen LogP contribution in [0, 0.1) is 6.92 Å². The van der Waals surface area contributed by atoms with Crippen LogP contribution in [-0.4, -0.2) is 27.9 Å². The average molecular weight is 297 g/mol. The van der Waals surface area contributed by atoms with Crippen LogP contribution in [0.2, 0.25) is 0 Å². The lowest BCUT2D eigenvalue weighted by Crippen LogP contribution is -2.11. The number of rotatable bonds is 6. The van der Waals surface area contributed by atoms with E-state index in [0.717, 1.165) is 11.3 Å². The van der Waals surface area contributed by atoms with Gasteiger partial charge in [-0.25, -0.2) is 4.68 Å². The number of aromatic nitrogens is 3. The van der Waals surface area contributed by atoms with Crippen LogP contribution in [0.15, 0.2) is 47.1 Å². The van der Waals surface area contributed by atoms with Crippen molar-refractivity contribution in [2.45, 2.75) is 13.5 Å². The van der Waals surface area contributed by atoms with Crippen LogP contribution in [0.25, 0.3) is 11.5 Å². The maximum atomic E-state index is 11.1. The van der Waals surface area contributed by atoms with E-state index >= 15 is 0 Å². The monoisotopic (exact) mass is 297 g/mol. The third kappa shape index (κ3) is 2.90. The zero-order valence-electron chi connectivity index (χ0n) is 12.1. The molecule has 0 unspecified atom stereocenters. The molecule has 0 aliphatic heterocycles. The fourth-order valence-corrected chi connectivity index (χ4v) is 2.18. The third-order valence-electron chi connectivity index (χ3n) is 3.19. The first-order chi connectivity index (χ1) is 10.8. The summed E-state index contributed by atoms with van der Waals surface area (Å²) in [6.07, 6.45) is 2.22. The maximum Gasteiger partial charge on any atom is 0.172 e. The van der Waals surface area contributed by atoms with Crippen molar-refractivity contribution >= 4 is 6.29 Å². The summed E-state index contributed by atoms with van der Waals surface area (Å²) in [6.45, 7) is 2.89. The summed E-state index contributed by atoms with van der Waals surface area (Å²) in [5, 5.41) is 7.85. The summed E-state index contributed by atoms with van der Waals surface area (Å²) in [5.41, 5.74) is 1.95. The highest BCUT2D eigenvalue weighted by Crippen LogP contribution is 2.21. The summed E-state index contributed by atoms with van der Waals surface area (Å²) < 4.78 is 12.6. The summed E-state index contributed by atoms with van der Waals surface area (Å²) in [4.78, 5) is 11.1. The lowest BCUT2D eigenvalue weighted by molar-refractivity contribution is 0.111. The molecule has 112 valence electrons. The fraction of sp³-hybridized carbons (Fsp3) is 0.188. The molecule has 2 aromatic heterocycles. The van der Waals surface area contributed by atoms with Gasteiger partial charge in [-0.15, -0.1) is 5.10 Å². The Morgan fingerprint density at radius 1 is 1.32 bits per heavy atom. The van der Waals surface area contributed by atoms with E-state index in [1.54, 1.807) is 23.1 Å². The van der Waals surface area contributed by atoms with E-state index in [2.05, 4.69) is 10.3 Å². The van der Waals surface area contributed by atoms with Crippen LogP contribution < -0.4 is 4.74 Å². The predicted octanol–water partition coefficient (Wildman–Crippen LogP) is 2.74. The van der Waals surface area contributed by atoms with E-state index in [1.165, 1.54) is 0 Å². The van der Waals surface area contributed by atoms with E-state index in [1.807, 2.05) is 31.2 Å². The van der Waals surface area contributed by atoms with Gasteiger partial charge in [0.25, 0.3) is 0 Å². The van der Waals surface area contributed by atoms with E-state index in [4.69, 9.17) is 9.15 Å². The standard InChI is InChI=1S/C16H15N3O3/c1-12-4-2-5-13(10-12)21-9-7-19-16(14(11-20)17-18-19)15-6-3-8-22-15/h2-6,8,10-11H,7,9H2,1H3. The first-order valence-electron chi connectivity index (χ1n) is 6.90. The van der Waals surface area contributed by atoms with Crippen molar-refractivity contribution in [3.8, 4) is 17.2 Å². The molecular weight excluding hydrogens is 282 g/mol. The van der Waals surface area contributed by atoms with Gasteiger partial charge in [-0.05, 0) is 36.8 Å². The second-order valence-corrected chi connectivity index (χ2v) is 4.81. The molecule has 3 aromatic rings. The molecule has 1 aromatic carbocycles. The number of aryl methyl sites for hydroxylation is 1. The molecule has 0 spiro atoms. The van der Waals surface area contributed by atoms with Crippen LogP contribution >= 0.6 is 0 Å². The average Bonchev–Trinajstić information content (AvgIpc) is 3.15. The molecule has 0 aliphatic rings. The van der Waals surface area contributed by atoms with Crippen LogP contribution in [0.1, 0.15) is 16.1 Å².